The van der Waals surface area contributed by atoms with Crippen LogP contribution < -0.4 is 0 Å². The van der Waals surface area contributed by atoms with E-state index >= 15 is 0 Å². The molecule has 0 unspecified atom stereocenters. The lowest BCUT2D eigenvalue weighted by atomic mass is 9.98. The fourth-order valence-corrected chi connectivity index (χ4v) is 6.46. The third-order valence-electron chi connectivity index (χ3n) is 6.59. The molecule has 5 nitrogen and oxygen atoms in total. The Kier molecular flexibility index (Phi) is 6.80. The van der Waals surface area contributed by atoms with Crippen LogP contribution in [0.3, 0.4) is 0 Å². The molecule has 3 rings (SSSR count). The molecule has 0 spiro atoms. The van der Waals surface area contributed by atoms with E-state index in [2.05, 4.69) is 18.7 Å². The first-order chi connectivity index (χ1) is 12.0. The summed E-state index contributed by atoms with van der Waals surface area (Å²) < 4.78 is 30.0. The molecule has 0 aromatic carbocycles. The van der Waals surface area contributed by atoms with Crippen LogP contribution >= 0.6 is 0 Å². The molecule has 0 aromatic heterocycles. The van der Waals surface area contributed by atoms with Crippen molar-refractivity contribution in [2.24, 2.45) is 11.8 Å². The predicted octanol–water partition coefficient (Wildman–Crippen LogP) is 2.94. The molecule has 0 bridgehead atoms. The lowest BCUT2D eigenvalue weighted by Crippen LogP contribution is -2.53. The number of likely N-dealkylation sites (tertiary alicyclic amines) is 1. The summed E-state index contributed by atoms with van der Waals surface area (Å²) in [6.07, 6.45) is 8.81. The van der Waals surface area contributed by atoms with Gasteiger partial charge in [0.15, 0.2) is 0 Å². The minimum absolute atomic E-state index is 0.206. The van der Waals surface area contributed by atoms with E-state index in [1.807, 2.05) is 4.31 Å². The van der Waals surface area contributed by atoms with Crippen LogP contribution in [0, 0.1) is 11.8 Å². The minimum Gasteiger partial charge on any atom is -0.303 e. The molecule has 3 saturated heterocycles. The Hall–Kier alpha value is -0.170. The highest BCUT2D eigenvalue weighted by Crippen LogP contribution is 2.28. The van der Waals surface area contributed by atoms with Crippen molar-refractivity contribution in [2.45, 2.75) is 71.3 Å². The van der Waals surface area contributed by atoms with Gasteiger partial charge in [-0.2, -0.15) is 17.0 Å². The van der Waals surface area contributed by atoms with Crippen molar-refractivity contribution in [3.8, 4) is 0 Å². The fourth-order valence-electron chi connectivity index (χ4n) is 4.55. The third kappa shape index (κ3) is 4.96. The smallest absolute Gasteiger partial charge is 0.282 e. The number of hydrogen-bond donors (Lipinski definition) is 0. The highest BCUT2D eigenvalue weighted by atomic mass is 32.2. The van der Waals surface area contributed by atoms with Crippen LogP contribution in [0.5, 0.6) is 0 Å². The zero-order chi connectivity index (χ0) is 17.9. The molecule has 3 heterocycles. The van der Waals surface area contributed by atoms with E-state index in [9.17, 15) is 8.42 Å². The van der Waals surface area contributed by atoms with Gasteiger partial charge in [-0.1, -0.05) is 20.3 Å². The van der Waals surface area contributed by atoms with Gasteiger partial charge < -0.3 is 4.90 Å². The monoisotopic (exact) mass is 371 g/mol. The van der Waals surface area contributed by atoms with Gasteiger partial charge in [0.2, 0.25) is 0 Å². The lowest BCUT2D eigenvalue weighted by Gasteiger charge is -2.40. The minimum atomic E-state index is -3.27. The van der Waals surface area contributed by atoms with Crippen LogP contribution in [0.1, 0.15) is 65.2 Å². The second-order valence-electron chi connectivity index (χ2n) is 8.66. The van der Waals surface area contributed by atoms with Crippen LogP contribution in [0.25, 0.3) is 0 Å². The molecule has 0 aliphatic carbocycles. The molecule has 146 valence electrons. The summed E-state index contributed by atoms with van der Waals surface area (Å²) in [7, 11) is -3.27. The SMILES string of the molecule is CC1CCN(CC[C@@H]2CCCCN2S(=O)(=O)N2CCC(C)CC2)CC1. The molecule has 0 radical (unpaired) electrons. The maximum Gasteiger partial charge on any atom is 0.282 e. The molecular formula is C19H37N3O2S. The molecule has 0 amide bonds. The summed E-state index contributed by atoms with van der Waals surface area (Å²) in [4.78, 5) is 2.54. The molecule has 3 aliphatic rings. The van der Waals surface area contributed by atoms with E-state index in [1.165, 1.54) is 32.4 Å². The van der Waals surface area contributed by atoms with Crippen molar-refractivity contribution in [1.82, 2.24) is 13.5 Å². The van der Waals surface area contributed by atoms with E-state index in [0.717, 1.165) is 51.1 Å². The van der Waals surface area contributed by atoms with Gasteiger partial charge in [-0.25, -0.2) is 0 Å². The average molecular weight is 372 g/mol. The van der Waals surface area contributed by atoms with Gasteiger partial charge in [0, 0.05) is 25.7 Å². The summed E-state index contributed by atoms with van der Waals surface area (Å²) >= 11 is 0. The molecule has 1 atom stereocenters. The van der Waals surface area contributed by atoms with Gasteiger partial charge in [0.1, 0.15) is 0 Å². The van der Waals surface area contributed by atoms with Crippen LogP contribution in [-0.2, 0) is 10.2 Å². The topological polar surface area (TPSA) is 43.9 Å². The number of nitrogens with zero attached hydrogens (tertiary/aromatic N) is 3. The summed E-state index contributed by atoms with van der Waals surface area (Å²) in [5, 5.41) is 0. The fraction of sp³-hybridized carbons (Fsp3) is 1.00. The molecule has 0 saturated carbocycles. The first kappa shape index (κ1) is 19.6. The summed E-state index contributed by atoms with van der Waals surface area (Å²) in [6.45, 7) is 10.1. The van der Waals surface area contributed by atoms with E-state index < -0.39 is 10.2 Å². The van der Waals surface area contributed by atoms with Crippen LogP contribution in [0.4, 0.5) is 0 Å². The maximum absolute atomic E-state index is 13.2. The summed E-state index contributed by atoms with van der Waals surface area (Å²) in [6, 6.07) is 0.206. The Balaban J connectivity index is 1.58. The van der Waals surface area contributed by atoms with Crippen molar-refractivity contribution in [2.75, 3.05) is 39.3 Å². The molecule has 6 heteroatoms. The number of piperidine rings is 3. The largest absolute Gasteiger partial charge is 0.303 e. The normalized spacial score (nSPS) is 29.9. The number of hydrogen-bond acceptors (Lipinski definition) is 3. The number of rotatable bonds is 5. The van der Waals surface area contributed by atoms with E-state index in [1.54, 1.807) is 4.31 Å². The highest BCUT2D eigenvalue weighted by Gasteiger charge is 2.37. The molecule has 0 aromatic rings. The Labute approximate surface area is 154 Å². The summed E-state index contributed by atoms with van der Waals surface area (Å²) in [5.74, 6) is 1.51. The van der Waals surface area contributed by atoms with Crippen molar-refractivity contribution >= 4 is 10.2 Å². The standard InChI is InChI=1S/C19H37N3O2S/c1-17-6-12-20(13-7-17)14-10-19-5-3-4-11-22(19)25(23,24)21-15-8-18(2)9-16-21/h17-19H,3-16H2,1-2H3/t19-/m0/s1. The van der Waals surface area contributed by atoms with Crippen molar-refractivity contribution in [3.63, 3.8) is 0 Å². The van der Waals surface area contributed by atoms with E-state index in [0.29, 0.717) is 19.0 Å². The van der Waals surface area contributed by atoms with Crippen LogP contribution in [-0.4, -0.2) is 67.2 Å². The molecular weight excluding hydrogens is 334 g/mol. The average Bonchev–Trinajstić information content (AvgIpc) is 2.62. The predicted molar refractivity (Wildman–Crippen MR) is 103 cm³/mol. The van der Waals surface area contributed by atoms with Gasteiger partial charge in [0.25, 0.3) is 10.2 Å². The molecule has 3 fully saturated rings. The molecule has 3 aliphatic heterocycles. The van der Waals surface area contributed by atoms with Crippen molar-refractivity contribution < 1.29 is 8.42 Å². The third-order valence-corrected chi connectivity index (χ3v) is 8.68. The van der Waals surface area contributed by atoms with E-state index in [4.69, 9.17) is 0 Å². The first-order valence-corrected chi connectivity index (χ1v) is 11.9. The first-order valence-electron chi connectivity index (χ1n) is 10.5. The Morgan fingerprint density at radius 2 is 1.40 bits per heavy atom. The highest BCUT2D eigenvalue weighted by molar-refractivity contribution is 7.86. The van der Waals surface area contributed by atoms with Gasteiger partial charge in [0.05, 0.1) is 0 Å². The van der Waals surface area contributed by atoms with Gasteiger partial charge in [-0.3, -0.25) is 0 Å². The van der Waals surface area contributed by atoms with Gasteiger partial charge in [-0.15, -0.1) is 0 Å². The second kappa shape index (κ2) is 8.68. The maximum atomic E-state index is 13.2. The van der Waals surface area contributed by atoms with Gasteiger partial charge in [-0.05, 0) is 76.4 Å². The quantitative estimate of drug-likeness (QED) is 0.746. The van der Waals surface area contributed by atoms with Crippen molar-refractivity contribution in [3.05, 3.63) is 0 Å². The van der Waals surface area contributed by atoms with Crippen molar-refractivity contribution in [1.29, 1.82) is 0 Å². The Morgan fingerprint density at radius 3 is 2.04 bits per heavy atom. The van der Waals surface area contributed by atoms with Crippen LogP contribution in [0.15, 0.2) is 0 Å². The van der Waals surface area contributed by atoms with Gasteiger partial charge >= 0.3 is 0 Å². The zero-order valence-electron chi connectivity index (χ0n) is 16.2. The zero-order valence-corrected chi connectivity index (χ0v) is 17.0. The molecule has 0 N–H and O–H groups in total. The Bertz CT molecular complexity index is 509. The summed E-state index contributed by atoms with van der Waals surface area (Å²) in [5.41, 5.74) is 0. The second-order valence-corrected chi connectivity index (χ2v) is 10.5. The lowest BCUT2D eigenvalue weighted by molar-refractivity contribution is 0.156. The van der Waals surface area contributed by atoms with E-state index in [-0.39, 0.29) is 6.04 Å². The Morgan fingerprint density at radius 1 is 0.800 bits per heavy atom. The molecule has 25 heavy (non-hydrogen) atoms. The van der Waals surface area contributed by atoms with Crippen LogP contribution in [0.2, 0.25) is 0 Å².